The van der Waals surface area contributed by atoms with Crippen molar-refractivity contribution in [2.45, 2.75) is 38.6 Å². The van der Waals surface area contributed by atoms with Crippen molar-refractivity contribution >= 4 is 16.0 Å². The van der Waals surface area contributed by atoms with Gasteiger partial charge in [0.05, 0.1) is 12.8 Å². The van der Waals surface area contributed by atoms with Gasteiger partial charge in [0, 0.05) is 18.6 Å². The lowest BCUT2D eigenvalue weighted by Crippen LogP contribution is -2.47. The summed E-state index contributed by atoms with van der Waals surface area (Å²) in [5, 5.41) is 0. The molecule has 0 aromatic rings. The van der Waals surface area contributed by atoms with Crippen LogP contribution in [0.1, 0.15) is 33.1 Å². The number of nitrogens with two attached hydrogens (primary N) is 1. The number of likely N-dealkylation sites (tertiary alicyclic amines) is 1. The van der Waals surface area contributed by atoms with Crippen molar-refractivity contribution in [3.63, 3.8) is 0 Å². The summed E-state index contributed by atoms with van der Waals surface area (Å²) in [6.45, 7) is 5.80. The Balaban J connectivity index is 2.55. The van der Waals surface area contributed by atoms with Crippen molar-refractivity contribution in [2.24, 2.45) is 10.7 Å². The van der Waals surface area contributed by atoms with E-state index in [1.165, 1.54) is 6.42 Å². The number of sulfonamides is 1. The molecule has 0 bridgehead atoms. The standard InChI is InChI=1S/C11H24N4O2S/c1-11(2,14-18(3,16)17)9-13-10(12)15-7-5-4-6-8-15/h14H,4-9H2,1-3H3,(H2,12,13). The number of rotatable bonds is 4. The normalized spacial score (nSPS) is 19.1. The summed E-state index contributed by atoms with van der Waals surface area (Å²) in [6, 6.07) is 0. The van der Waals surface area contributed by atoms with E-state index < -0.39 is 15.6 Å². The maximum Gasteiger partial charge on any atom is 0.209 e. The Kier molecular flexibility index (Phi) is 4.98. The second kappa shape index (κ2) is 5.88. The van der Waals surface area contributed by atoms with Crippen LogP contribution in [-0.4, -0.2) is 50.7 Å². The number of piperidine rings is 1. The summed E-state index contributed by atoms with van der Waals surface area (Å²) in [4.78, 5) is 6.35. The number of guanidine groups is 1. The van der Waals surface area contributed by atoms with E-state index in [9.17, 15) is 8.42 Å². The van der Waals surface area contributed by atoms with Gasteiger partial charge in [-0.1, -0.05) is 0 Å². The predicted molar refractivity (Wildman–Crippen MR) is 74.0 cm³/mol. The molecule has 18 heavy (non-hydrogen) atoms. The lowest BCUT2D eigenvalue weighted by Gasteiger charge is -2.29. The van der Waals surface area contributed by atoms with Crippen molar-refractivity contribution in [3.8, 4) is 0 Å². The topological polar surface area (TPSA) is 87.8 Å². The molecule has 7 heteroatoms. The van der Waals surface area contributed by atoms with Crippen LogP contribution >= 0.6 is 0 Å². The summed E-state index contributed by atoms with van der Waals surface area (Å²) < 4.78 is 24.9. The third-order valence-electron chi connectivity index (χ3n) is 2.78. The Bertz CT molecular complexity index is 397. The van der Waals surface area contributed by atoms with Crippen molar-refractivity contribution in [1.29, 1.82) is 0 Å². The van der Waals surface area contributed by atoms with Gasteiger partial charge in [0.25, 0.3) is 0 Å². The van der Waals surface area contributed by atoms with E-state index in [0.717, 1.165) is 32.2 Å². The molecular formula is C11H24N4O2S. The van der Waals surface area contributed by atoms with Crippen LogP contribution in [0, 0.1) is 0 Å². The van der Waals surface area contributed by atoms with Gasteiger partial charge in [-0.05, 0) is 33.1 Å². The zero-order valence-electron chi connectivity index (χ0n) is 11.4. The second-order valence-corrected chi connectivity index (χ2v) is 7.23. The molecular weight excluding hydrogens is 252 g/mol. The Morgan fingerprint density at radius 3 is 2.39 bits per heavy atom. The lowest BCUT2D eigenvalue weighted by atomic mass is 10.1. The van der Waals surface area contributed by atoms with Gasteiger partial charge in [-0.25, -0.2) is 13.1 Å². The predicted octanol–water partition coefficient (Wildman–Crippen LogP) is 0.115. The first-order valence-electron chi connectivity index (χ1n) is 6.23. The molecule has 1 aliphatic rings. The SMILES string of the molecule is CC(C)(CN=C(N)N1CCCCC1)NS(C)(=O)=O. The van der Waals surface area contributed by atoms with E-state index in [2.05, 4.69) is 14.6 Å². The van der Waals surface area contributed by atoms with Gasteiger partial charge < -0.3 is 10.6 Å². The Morgan fingerprint density at radius 2 is 1.89 bits per heavy atom. The third-order valence-corrected chi connectivity index (χ3v) is 3.70. The average Bonchev–Trinajstić information content (AvgIpc) is 2.24. The Morgan fingerprint density at radius 1 is 1.33 bits per heavy atom. The number of nitrogens with zero attached hydrogens (tertiary/aromatic N) is 2. The second-order valence-electron chi connectivity index (χ2n) is 5.48. The Labute approximate surface area is 110 Å². The monoisotopic (exact) mass is 276 g/mol. The molecule has 106 valence electrons. The van der Waals surface area contributed by atoms with Crippen molar-refractivity contribution in [3.05, 3.63) is 0 Å². The summed E-state index contributed by atoms with van der Waals surface area (Å²) in [6.07, 6.45) is 4.67. The van der Waals surface area contributed by atoms with E-state index in [-0.39, 0.29) is 0 Å². The van der Waals surface area contributed by atoms with Crippen LogP contribution in [0.5, 0.6) is 0 Å². The maximum atomic E-state index is 11.2. The highest BCUT2D eigenvalue weighted by Gasteiger charge is 2.22. The summed E-state index contributed by atoms with van der Waals surface area (Å²) in [7, 11) is -3.23. The maximum absolute atomic E-state index is 11.2. The van der Waals surface area contributed by atoms with Gasteiger partial charge in [-0.15, -0.1) is 0 Å². The van der Waals surface area contributed by atoms with Crippen LogP contribution in [0.3, 0.4) is 0 Å². The molecule has 6 nitrogen and oxygen atoms in total. The van der Waals surface area contributed by atoms with Gasteiger partial charge >= 0.3 is 0 Å². The fraction of sp³-hybridized carbons (Fsp3) is 0.909. The molecule has 0 aromatic heterocycles. The fourth-order valence-corrected chi connectivity index (χ4v) is 3.10. The van der Waals surface area contributed by atoms with E-state index >= 15 is 0 Å². The first kappa shape index (κ1) is 15.2. The summed E-state index contributed by atoms with van der Waals surface area (Å²) in [5.74, 6) is 0.512. The molecule has 0 amide bonds. The highest BCUT2D eigenvalue weighted by Crippen LogP contribution is 2.09. The van der Waals surface area contributed by atoms with Crippen LogP contribution in [0.2, 0.25) is 0 Å². The van der Waals surface area contributed by atoms with Gasteiger partial charge in [0.15, 0.2) is 5.96 Å². The van der Waals surface area contributed by atoms with Gasteiger partial charge in [-0.3, -0.25) is 4.99 Å². The molecule has 0 unspecified atom stereocenters. The molecule has 1 rings (SSSR count). The zero-order valence-corrected chi connectivity index (χ0v) is 12.3. The minimum atomic E-state index is -3.23. The highest BCUT2D eigenvalue weighted by molar-refractivity contribution is 7.88. The third kappa shape index (κ3) is 5.68. The molecule has 0 radical (unpaired) electrons. The van der Waals surface area contributed by atoms with Crippen molar-refractivity contribution < 1.29 is 8.42 Å². The first-order chi connectivity index (χ1) is 8.20. The molecule has 0 saturated carbocycles. The quantitative estimate of drug-likeness (QED) is 0.564. The molecule has 0 aliphatic carbocycles. The zero-order chi connectivity index (χ0) is 13.8. The minimum Gasteiger partial charge on any atom is -0.370 e. The molecule has 1 saturated heterocycles. The van der Waals surface area contributed by atoms with Crippen LogP contribution in [0.15, 0.2) is 4.99 Å². The first-order valence-corrected chi connectivity index (χ1v) is 8.13. The summed E-state index contributed by atoms with van der Waals surface area (Å²) >= 11 is 0. The molecule has 0 spiro atoms. The fourth-order valence-electron chi connectivity index (χ4n) is 2.04. The number of hydrogen-bond acceptors (Lipinski definition) is 3. The van der Waals surface area contributed by atoms with Crippen LogP contribution in [0.25, 0.3) is 0 Å². The smallest absolute Gasteiger partial charge is 0.209 e. The van der Waals surface area contributed by atoms with Crippen molar-refractivity contribution in [1.82, 2.24) is 9.62 Å². The highest BCUT2D eigenvalue weighted by atomic mass is 32.2. The van der Waals surface area contributed by atoms with E-state index in [0.29, 0.717) is 12.5 Å². The molecule has 0 aromatic carbocycles. The largest absolute Gasteiger partial charge is 0.370 e. The Hall–Kier alpha value is -0.820. The number of nitrogens with one attached hydrogen (secondary N) is 1. The van der Waals surface area contributed by atoms with Crippen LogP contribution < -0.4 is 10.5 Å². The van der Waals surface area contributed by atoms with E-state index in [1.54, 1.807) is 13.8 Å². The molecule has 1 heterocycles. The number of hydrogen-bond donors (Lipinski definition) is 2. The van der Waals surface area contributed by atoms with Gasteiger partial charge in [-0.2, -0.15) is 0 Å². The molecule has 1 fully saturated rings. The van der Waals surface area contributed by atoms with Crippen molar-refractivity contribution in [2.75, 3.05) is 25.9 Å². The van der Waals surface area contributed by atoms with Gasteiger partial charge in [0.1, 0.15) is 0 Å². The number of aliphatic imine (C=N–C) groups is 1. The summed E-state index contributed by atoms with van der Waals surface area (Å²) in [5.41, 5.74) is 5.30. The minimum absolute atomic E-state index is 0.336. The lowest BCUT2D eigenvalue weighted by molar-refractivity contribution is 0.336. The van der Waals surface area contributed by atoms with E-state index in [4.69, 9.17) is 5.73 Å². The average molecular weight is 276 g/mol. The molecule has 1 aliphatic heterocycles. The van der Waals surface area contributed by atoms with Gasteiger partial charge in [0.2, 0.25) is 10.0 Å². The molecule has 3 N–H and O–H groups in total. The van der Waals surface area contributed by atoms with E-state index in [1.807, 2.05) is 0 Å². The van der Waals surface area contributed by atoms with Crippen LogP contribution in [-0.2, 0) is 10.0 Å². The molecule has 0 atom stereocenters. The van der Waals surface area contributed by atoms with Crippen LogP contribution in [0.4, 0.5) is 0 Å².